The summed E-state index contributed by atoms with van der Waals surface area (Å²) in [5.74, 6) is 1.82. The van der Waals surface area contributed by atoms with Crippen molar-refractivity contribution in [1.82, 2.24) is 15.4 Å². The number of thioether (sulfide) groups is 1. The molecule has 1 aliphatic heterocycles. The predicted octanol–water partition coefficient (Wildman–Crippen LogP) is 1.40. The fourth-order valence-electron chi connectivity index (χ4n) is 2.36. The normalized spacial score (nSPS) is 18.5. The first-order chi connectivity index (χ1) is 11.6. The molecule has 150 valence electrons. The fourth-order valence-corrected chi connectivity index (χ4v) is 3.81. The quantitative estimate of drug-likeness (QED) is 0.169. The summed E-state index contributed by atoms with van der Waals surface area (Å²) in [7, 11) is -1.61. The highest BCUT2D eigenvalue weighted by Gasteiger charge is 2.17. The van der Waals surface area contributed by atoms with Gasteiger partial charge in [0.05, 0.1) is 11.9 Å². The zero-order valence-corrected chi connectivity index (χ0v) is 19.2. The number of nitrogens with zero attached hydrogens (tertiary/aromatic N) is 1. The first kappa shape index (κ1) is 25.2. The standard InChI is InChI=1S/C15H32N4O3S2.HI/c1-16-15(17-8-4-6-11-23-2)18-9-12-24(20,21)19-13-14-7-3-5-10-22-14;/h14,19H,3-13H2,1-2H3,(H2,16,17,18);1H. The Labute approximate surface area is 174 Å². The molecule has 1 atom stereocenters. The average Bonchev–Trinajstić information content (AvgIpc) is 2.59. The number of halogens is 1. The van der Waals surface area contributed by atoms with Gasteiger partial charge in [-0.05, 0) is 44.1 Å². The van der Waals surface area contributed by atoms with E-state index in [1.165, 1.54) is 0 Å². The van der Waals surface area contributed by atoms with Crippen LogP contribution < -0.4 is 15.4 Å². The Morgan fingerprint density at radius 3 is 2.64 bits per heavy atom. The molecule has 0 radical (unpaired) electrons. The van der Waals surface area contributed by atoms with Crippen LogP contribution in [0.2, 0.25) is 0 Å². The van der Waals surface area contributed by atoms with Gasteiger partial charge in [0.15, 0.2) is 5.96 Å². The minimum atomic E-state index is -3.30. The van der Waals surface area contributed by atoms with Crippen LogP contribution in [0.3, 0.4) is 0 Å². The minimum Gasteiger partial charge on any atom is -0.377 e. The van der Waals surface area contributed by atoms with E-state index in [1.807, 2.05) is 11.8 Å². The highest BCUT2D eigenvalue weighted by Crippen LogP contribution is 2.11. The van der Waals surface area contributed by atoms with E-state index in [4.69, 9.17) is 4.74 Å². The second kappa shape index (κ2) is 15.3. The van der Waals surface area contributed by atoms with Crippen LogP contribution in [0.15, 0.2) is 4.99 Å². The zero-order chi connectivity index (χ0) is 17.7. The van der Waals surface area contributed by atoms with Crippen molar-refractivity contribution in [2.75, 3.05) is 51.1 Å². The molecule has 1 heterocycles. The van der Waals surface area contributed by atoms with Crippen molar-refractivity contribution >= 4 is 51.7 Å². The summed E-state index contributed by atoms with van der Waals surface area (Å²) >= 11 is 1.84. The van der Waals surface area contributed by atoms with Crippen LogP contribution in [0, 0.1) is 0 Å². The molecule has 3 N–H and O–H groups in total. The minimum absolute atomic E-state index is 0. The fraction of sp³-hybridized carbons (Fsp3) is 0.933. The number of aliphatic imine (C=N–C) groups is 1. The topological polar surface area (TPSA) is 91.8 Å². The third-order valence-corrected chi connectivity index (χ3v) is 5.80. The summed E-state index contributed by atoms with van der Waals surface area (Å²) < 4.78 is 32.2. The van der Waals surface area contributed by atoms with Crippen molar-refractivity contribution in [3.05, 3.63) is 0 Å². The average molecular weight is 508 g/mol. The van der Waals surface area contributed by atoms with Crippen LogP contribution in [0.4, 0.5) is 0 Å². The number of hydrogen-bond donors (Lipinski definition) is 3. The summed E-state index contributed by atoms with van der Waals surface area (Å²) in [6, 6.07) is 0. The van der Waals surface area contributed by atoms with E-state index in [9.17, 15) is 8.42 Å². The Bertz CT molecular complexity index is 458. The molecule has 1 aliphatic rings. The van der Waals surface area contributed by atoms with Crippen molar-refractivity contribution < 1.29 is 13.2 Å². The molecular weight excluding hydrogens is 475 g/mol. The lowest BCUT2D eigenvalue weighted by Crippen LogP contribution is -2.42. The number of unbranched alkanes of at least 4 members (excludes halogenated alkanes) is 1. The molecule has 1 fully saturated rings. The molecule has 1 rings (SSSR count). The molecule has 0 amide bonds. The molecule has 0 bridgehead atoms. The number of ether oxygens (including phenoxy) is 1. The number of guanidine groups is 1. The van der Waals surface area contributed by atoms with Crippen molar-refractivity contribution in [2.45, 2.75) is 38.2 Å². The largest absolute Gasteiger partial charge is 0.377 e. The first-order valence-corrected chi connectivity index (χ1v) is 11.6. The summed E-state index contributed by atoms with van der Waals surface area (Å²) in [6.45, 7) is 2.26. The van der Waals surface area contributed by atoms with E-state index in [-0.39, 0.29) is 35.8 Å². The lowest BCUT2D eigenvalue weighted by atomic mass is 10.1. The maximum Gasteiger partial charge on any atom is 0.213 e. The van der Waals surface area contributed by atoms with Crippen LogP contribution in [-0.4, -0.2) is 71.5 Å². The Morgan fingerprint density at radius 1 is 1.24 bits per heavy atom. The van der Waals surface area contributed by atoms with Gasteiger partial charge >= 0.3 is 0 Å². The van der Waals surface area contributed by atoms with Gasteiger partial charge in [0.25, 0.3) is 0 Å². The van der Waals surface area contributed by atoms with Crippen LogP contribution in [0.1, 0.15) is 32.1 Å². The number of hydrogen-bond acceptors (Lipinski definition) is 5. The molecule has 0 aliphatic carbocycles. The van der Waals surface area contributed by atoms with Crippen molar-refractivity contribution in [3.63, 3.8) is 0 Å². The third-order valence-electron chi connectivity index (χ3n) is 3.76. The van der Waals surface area contributed by atoms with E-state index in [0.717, 1.165) is 51.0 Å². The number of sulfonamides is 1. The molecule has 1 saturated heterocycles. The Balaban J connectivity index is 0.00000576. The lowest BCUT2D eigenvalue weighted by Gasteiger charge is -2.22. The molecule has 0 saturated carbocycles. The van der Waals surface area contributed by atoms with Gasteiger partial charge in [-0.25, -0.2) is 13.1 Å². The van der Waals surface area contributed by atoms with Crippen LogP contribution in [0.25, 0.3) is 0 Å². The molecule has 25 heavy (non-hydrogen) atoms. The molecule has 0 aromatic carbocycles. The molecule has 7 nitrogen and oxygen atoms in total. The Hall–Kier alpha value is 0.220. The molecular formula is C15H33IN4O3S2. The van der Waals surface area contributed by atoms with Gasteiger partial charge in [-0.3, -0.25) is 4.99 Å². The van der Waals surface area contributed by atoms with Crippen molar-refractivity contribution in [1.29, 1.82) is 0 Å². The van der Waals surface area contributed by atoms with Crippen LogP contribution in [0.5, 0.6) is 0 Å². The van der Waals surface area contributed by atoms with E-state index in [1.54, 1.807) is 7.05 Å². The van der Waals surface area contributed by atoms with E-state index in [2.05, 4.69) is 26.6 Å². The van der Waals surface area contributed by atoms with E-state index < -0.39 is 10.0 Å². The van der Waals surface area contributed by atoms with Gasteiger partial charge in [0.2, 0.25) is 10.0 Å². The van der Waals surface area contributed by atoms with Gasteiger partial charge in [0, 0.05) is 33.3 Å². The zero-order valence-electron chi connectivity index (χ0n) is 15.3. The van der Waals surface area contributed by atoms with Gasteiger partial charge in [0.1, 0.15) is 0 Å². The maximum absolute atomic E-state index is 12.0. The van der Waals surface area contributed by atoms with Crippen molar-refractivity contribution in [2.24, 2.45) is 4.99 Å². The summed E-state index contributed by atoms with van der Waals surface area (Å²) in [4.78, 5) is 4.10. The monoisotopic (exact) mass is 508 g/mol. The molecule has 0 aromatic heterocycles. The molecule has 10 heteroatoms. The van der Waals surface area contributed by atoms with Crippen LogP contribution >= 0.6 is 35.7 Å². The van der Waals surface area contributed by atoms with E-state index >= 15 is 0 Å². The second-order valence-corrected chi connectivity index (χ2v) is 8.69. The summed E-state index contributed by atoms with van der Waals surface area (Å²) in [5.41, 5.74) is 0. The lowest BCUT2D eigenvalue weighted by molar-refractivity contribution is 0.0200. The molecule has 0 spiro atoms. The molecule has 0 aromatic rings. The Kier molecular flexibility index (Phi) is 15.4. The summed E-state index contributed by atoms with van der Waals surface area (Å²) in [5, 5.41) is 6.23. The third kappa shape index (κ3) is 13.1. The molecule has 1 unspecified atom stereocenters. The SMILES string of the molecule is CN=C(NCCCCSC)NCCS(=O)(=O)NCC1CCCCO1.I. The van der Waals surface area contributed by atoms with Crippen LogP contribution in [-0.2, 0) is 14.8 Å². The highest BCUT2D eigenvalue weighted by molar-refractivity contribution is 14.0. The number of rotatable bonds is 11. The van der Waals surface area contributed by atoms with Gasteiger partial charge in [-0.2, -0.15) is 11.8 Å². The Morgan fingerprint density at radius 2 is 2.00 bits per heavy atom. The smallest absolute Gasteiger partial charge is 0.213 e. The summed E-state index contributed by atoms with van der Waals surface area (Å²) in [6.07, 6.45) is 7.44. The van der Waals surface area contributed by atoms with Gasteiger partial charge in [-0.1, -0.05) is 0 Å². The predicted molar refractivity (Wildman–Crippen MR) is 118 cm³/mol. The first-order valence-electron chi connectivity index (χ1n) is 8.60. The maximum atomic E-state index is 12.0. The van der Waals surface area contributed by atoms with Gasteiger partial charge < -0.3 is 15.4 Å². The highest BCUT2D eigenvalue weighted by atomic mass is 127. The van der Waals surface area contributed by atoms with Gasteiger partial charge in [-0.15, -0.1) is 24.0 Å². The number of nitrogens with one attached hydrogen (secondary N) is 3. The second-order valence-electron chi connectivity index (χ2n) is 5.78. The van der Waals surface area contributed by atoms with E-state index in [0.29, 0.717) is 19.0 Å². The van der Waals surface area contributed by atoms with Crippen molar-refractivity contribution in [3.8, 4) is 0 Å².